The maximum absolute atomic E-state index is 12.4. The van der Waals surface area contributed by atoms with Gasteiger partial charge in [-0.2, -0.15) is 4.98 Å². The molecule has 1 unspecified atom stereocenters. The van der Waals surface area contributed by atoms with E-state index < -0.39 is 0 Å². The largest absolute Gasteiger partial charge is 0.337 e. The van der Waals surface area contributed by atoms with E-state index in [1.165, 1.54) is 0 Å². The molecule has 2 fully saturated rings. The molecular formula is C16H17N3O2S. The molecule has 22 heavy (non-hydrogen) atoms. The van der Waals surface area contributed by atoms with Crippen molar-refractivity contribution in [2.75, 3.05) is 6.54 Å². The Morgan fingerprint density at radius 3 is 3.09 bits per heavy atom. The van der Waals surface area contributed by atoms with Gasteiger partial charge in [-0.1, -0.05) is 11.2 Å². The van der Waals surface area contributed by atoms with Crippen LogP contribution in [0.15, 0.2) is 28.1 Å². The molecule has 1 saturated heterocycles. The molecule has 2 aromatic heterocycles. The van der Waals surface area contributed by atoms with Gasteiger partial charge in [0.05, 0.1) is 0 Å². The number of aromatic nitrogens is 2. The third kappa shape index (κ3) is 2.70. The predicted octanol–water partition coefficient (Wildman–Crippen LogP) is 3.39. The Morgan fingerprint density at radius 1 is 1.41 bits per heavy atom. The Labute approximate surface area is 132 Å². The van der Waals surface area contributed by atoms with Gasteiger partial charge in [0.2, 0.25) is 11.8 Å². The topological polar surface area (TPSA) is 59.2 Å². The number of amides is 1. The molecule has 3 heterocycles. The van der Waals surface area contributed by atoms with Gasteiger partial charge in [-0.15, -0.1) is 11.3 Å². The van der Waals surface area contributed by atoms with Crippen LogP contribution in [-0.2, 0) is 4.79 Å². The Kier molecular flexibility index (Phi) is 3.54. The lowest BCUT2D eigenvalue weighted by Crippen LogP contribution is -2.29. The minimum absolute atomic E-state index is 0.0158. The lowest BCUT2D eigenvalue weighted by atomic mass is 10.2. The van der Waals surface area contributed by atoms with Gasteiger partial charge in [0.25, 0.3) is 0 Å². The average molecular weight is 315 g/mol. The van der Waals surface area contributed by atoms with Gasteiger partial charge < -0.3 is 9.42 Å². The smallest absolute Gasteiger partial charge is 0.249 e. The first-order chi connectivity index (χ1) is 10.8. The van der Waals surface area contributed by atoms with Crippen LogP contribution in [0, 0.1) is 0 Å². The molecule has 1 amide bonds. The summed E-state index contributed by atoms with van der Waals surface area (Å²) >= 11 is 1.62. The molecule has 0 spiro atoms. The zero-order valence-corrected chi connectivity index (χ0v) is 13.0. The maximum atomic E-state index is 12.4. The minimum atomic E-state index is -0.0690. The van der Waals surface area contributed by atoms with E-state index in [1.807, 2.05) is 28.5 Å². The van der Waals surface area contributed by atoms with Crippen LogP contribution in [-0.4, -0.2) is 27.5 Å². The molecule has 1 aliphatic heterocycles. The fourth-order valence-electron chi connectivity index (χ4n) is 2.81. The molecule has 2 aromatic rings. The lowest BCUT2D eigenvalue weighted by molar-refractivity contribution is -0.127. The molecule has 2 aliphatic rings. The summed E-state index contributed by atoms with van der Waals surface area (Å²) in [5.74, 6) is 1.89. The van der Waals surface area contributed by atoms with Gasteiger partial charge in [-0.05, 0) is 43.2 Å². The van der Waals surface area contributed by atoms with Crippen molar-refractivity contribution in [2.45, 2.75) is 37.6 Å². The minimum Gasteiger partial charge on any atom is -0.337 e. The second kappa shape index (κ2) is 5.68. The van der Waals surface area contributed by atoms with Crippen LogP contribution in [0.2, 0.25) is 0 Å². The summed E-state index contributed by atoms with van der Waals surface area (Å²) in [5.41, 5.74) is 0. The van der Waals surface area contributed by atoms with Crippen molar-refractivity contribution < 1.29 is 9.32 Å². The molecular weight excluding hydrogens is 298 g/mol. The van der Waals surface area contributed by atoms with Crippen LogP contribution in [0.1, 0.15) is 54.2 Å². The summed E-state index contributed by atoms with van der Waals surface area (Å²) in [6.45, 7) is 0.749. The van der Waals surface area contributed by atoms with E-state index in [2.05, 4.69) is 10.1 Å². The van der Waals surface area contributed by atoms with E-state index in [0.29, 0.717) is 11.8 Å². The van der Waals surface area contributed by atoms with Gasteiger partial charge in [0.1, 0.15) is 6.04 Å². The third-order valence-electron chi connectivity index (χ3n) is 4.15. The predicted molar refractivity (Wildman–Crippen MR) is 83.3 cm³/mol. The number of nitrogens with zero attached hydrogens (tertiary/aromatic N) is 3. The highest BCUT2D eigenvalue weighted by atomic mass is 32.1. The SMILES string of the molecule is O=C(/C=C/c1cccs1)N1CCCC1c1nc(C2CC2)no1. The molecule has 114 valence electrons. The molecule has 0 N–H and O–H groups in total. The van der Waals surface area contributed by atoms with Crippen molar-refractivity contribution in [1.29, 1.82) is 0 Å². The molecule has 0 bridgehead atoms. The van der Waals surface area contributed by atoms with E-state index in [4.69, 9.17) is 4.52 Å². The quantitative estimate of drug-likeness (QED) is 0.812. The van der Waals surface area contributed by atoms with Crippen LogP contribution in [0.3, 0.4) is 0 Å². The van der Waals surface area contributed by atoms with Crippen LogP contribution in [0.25, 0.3) is 6.08 Å². The number of carbonyl (C=O) groups is 1. The van der Waals surface area contributed by atoms with E-state index >= 15 is 0 Å². The summed E-state index contributed by atoms with van der Waals surface area (Å²) in [6.07, 6.45) is 7.68. The van der Waals surface area contributed by atoms with Gasteiger partial charge in [0.15, 0.2) is 5.82 Å². The molecule has 5 nitrogen and oxygen atoms in total. The van der Waals surface area contributed by atoms with Crippen molar-refractivity contribution in [3.8, 4) is 0 Å². The van der Waals surface area contributed by atoms with Crippen LogP contribution < -0.4 is 0 Å². The van der Waals surface area contributed by atoms with Gasteiger partial charge in [0, 0.05) is 23.4 Å². The first kappa shape index (κ1) is 13.7. The standard InChI is InChI=1S/C16H17N3O2S/c20-14(8-7-12-3-2-10-22-12)19-9-1-4-13(19)16-17-15(18-21-16)11-5-6-11/h2-3,7-8,10-11,13H,1,4-6,9H2/b8-7+. The monoisotopic (exact) mass is 315 g/mol. The zero-order valence-electron chi connectivity index (χ0n) is 12.1. The van der Waals surface area contributed by atoms with Crippen molar-refractivity contribution in [2.24, 2.45) is 0 Å². The van der Waals surface area contributed by atoms with E-state index in [0.717, 1.165) is 42.9 Å². The van der Waals surface area contributed by atoms with Crippen molar-refractivity contribution in [3.05, 3.63) is 40.2 Å². The molecule has 1 saturated carbocycles. The summed E-state index contributed by atoms with van der Waals surface area (Å²) in [5, 5.41) is 6.06. The summed E-state index contributed by atoms with van der Waals surface area (Å²) in [6, 6.07) is 3.90. The Bertz CT molecular complexity index is 688. The molecule has 1 atom stereocenters. The highest BCUT2D eigenvalue weighted by molar-refractivity contribution is 7.10. The van der Waals surface area contributed by atoms with Crippen LogP contribution >= 0.6 is 11.3 Å². The number of hydrogen-bond donors (Lipinski definition) is 0. The van der Waals surface area contributed by atoms with Crippen molar-refractivity contribution in [1.82, 2.24) is 15.0 Å². The first-order valence-electron chi connectivity index (χ1n) is 7.67. The fourth-order valence-corrected chi connectivity index (χ4v) is 3.43. The molecule has 4 rings (SSSR count). The number of carbonyl (C=O) groups excluding carboxylic acids is 1. The van der Waals surface area contributed by atoms with Crippen LogP contribution in [0.4, 0.5) is 0 Å². The normalized spacial score (nSPS) is 21.8. The van der Waals surface area contributed by atoms with Crippen molar-refractivity contribution in [3.63, 3.8) is 0 Å². The number of likely N-dealkylation sites (tertiary alicyclic amines) is 1. The van der Waals surface area contributed by atoms with Gasteiger partial charge in [-0.3, -0.25) is 4.79 Å². The number of hydrogen-bond acceptors (Lipinski definition) is 5. The molecule has 0 radical (unpaired) electrons. The zero-order chi connectivity index (χ0) is 14.9. The van der Waals surface area contributed by atoms with Gasteiger partial charge >= 0.3 is 0 Å². The van der Waals surface area contributed by atoms with E-state index in [-0.39, 0.29) is 11.9 Å². The van der Waals surface area contributed by atoms with Crippen LogP contribution in [0.5, 0.6) is 0 Å². The van der Waals surface area contributed by atoms with E-state index in [1.54, 1.807) is 17.4 Å². The highest BCUT2D eigenvalue weighted by Gasteiger charge is 2.35. The second-order valence-corrected chi connectivity index (χ2v) is 6.78. The molecule has 6 heteroatoms. The summed E-state index contributed by atoms with van der Waals surface area (Å²) in [7, 11) is 0. The maximum Gasteiger partial charge on any atom is 0.249 e. The summed E-state index contributed by atoms with van der Waals surface area (Å²) in [4.78, 5) is 19.9. The summed E-state index contributed by atoms with van der Waals surface area (Å²) < 4.78 is 5.40. The Balaban J connectivity index is 1.48. The molecule has 0 aromatic carbocycles. The Morgan fingerprint density at radius 2 is 2.32 bits per heavy atom. The lowest BCUT2D eigenvalue weighted by Gasteiger charge is -2.19. The van der Waals surface area contributed by atoms with E-state index in [9.17, 15) is 4.79 Å². The number of rotatable bonds is 4. The highest BCUT2D eigenvalue weighted by Crippen LogP contribution is 2.39. The Hall–Kier alpha value is -1.95. The second-order valence-electron chi connectivity index (χ2n) is 5.80. The first-order valence-corrected chi connectivity index (χ1v) is 8.55. The third-order valence-corrected chi connectivity index (χ3v) is 4.99. The van der Waals surface area contributed by atoms with Gasteiger partial charge in [-0.25, -0.2) is 0 Å². The molecule has 1 aliphatic carbocycles. The fraction of sp³-hybridized carbons (Fsp3) is 0.438. The number of thiophene rings is 1. The average Bonchev–Trinajstić information content (AvgIpc) is 3.02. The van der Waals surface area contributed by atoms with Crippen molar-refractivity contribution >= 4 is 23.3 Å².